The van der Waals surface area contributed by atoms with Crippen molar-refractivity contribution in [1.82, 2.24) is 14.7 Å². The van der Waals surface area contributed by atoms with E-state index in [0.29, 0.717) is 17.1 Å². The standard InChI is InChI=1S/C25H23N5O3/c31-21-14-25(19-15-26-30(23(19)27-21)17-8-2-1-3-9-17)18-10-4-5-11-20(18)29(24(25)33)16-22(32)28-12-6-7-13-28/h1-5,8-11,15H,6-7,12-14,16H2,(H,27,31)/t25-/m1/s1. The molecule has 1 atom stereocenters. The Hall–Kier alpha value is -3.94. The van der Waals surface area contributed by atoms with Gasteiger partial charge in [0.2, 0.25) is 17.7 Å². The summed E-state index contributed by atoms with van der Waals surface area (Å²) in [6.45, 7) is 1.43. The van der Waals surface area contributed by atoms with E-state index in [0.717, 1.165) is 37.2 Å². The molecular formula is C25H23N5O3. The predicted octanol–water partition coefficient (Wildman–Crippen LogP) is 2.47. The van der Waals surface area contributed by atoms with Crippen molar-refractivity contribution in [1.29, 1.82) is 0 Å². The van der Waals surface area contributed by atoms with E-state index in [4.69, 9.17) is 0 Å². The van der Waals surface area contributed by atoms with Crippen molar-refractivity contribution in [2.75, 3.05) is 29.9 Å². The number of carbonyl (C=O) groups is 3. The first-order chi connectivity index (χ1) is 16.1. The SMILES string of the molecule is O=C1C[C@]2(C(=O)N(CC(=O)N3CCCC3)c3ccccc32)c2cnn(-c3ccccc3)c2N1. The van der Waals surface area contributed by atoms with Crippen LogP contribution in [0, 0.1) is 0 Å². The summed E-state index contributed by atoms with van der Waals surface area (Å²) >= 11 is 0. The summed E-state index contributed by atoms with van der Waals surface area (Å²) in [5.41, 5.74) is 1.67. The second-order valence-electron chi connectivity index (χ2n) is 8.78. The van der Waals surface area contributed by atoms with E-state index in [1.807, 2.05) is 59.5 Å². The van der Waals surface area contributed by atoms with E-state index in [1.165, 1.54) is 0 Å². The Labute approximate surface area is 190 Å². The monoisotopic (exact) mass is 441 g/mol. The topological polar surface area (TPSA) is 87.5 Å². The fourth-order valence-corrected chi connectivity index (χ4v) is 5.37. The zero-order valence-corrected chi connectivity index (χ0v) is 18.0. The zero-order chi connectivity index (χ0) is 22.6. The molecule has 6 rings (SSSR count). The van der Waals surface area contributed by atoms with Crippen LogP contribution in [0.1, 0.15) is 30.4 Å². The Morgan fingerprint density at radius 3 is 2.48 bits per heavy atom. The lowest BCUT2D eigenvalue weighted by Crippen LogP contribution is -2.49. The van der Waals surface area contributed by atoms with Crippen LogP contribution in [0.5, 0.6) is 0 Å². The number of aromatic nitrogens is 2. The zero-order valence-electron chi connectivity index (χ0n) is 18.0. The molecule has 0 saturated carbocycles. The minimum absolute atomic E-state index is 0.0231. The number of carbonyl (C=O) groups excluding carboxylic acids is 3. The number of amides is 3. The highest BCUT2D eigenvalue weighted by molar-refractivity contribution is 6.17. The molecule has 3 amide bonds. The molecular weight excluding hydrogens is 418 g/mol. The van der Waals surface area contributed by atoms with E-state index in [9.17, 15) is 14.4 Å². The Balaban J connectivity index is 1.48. The van der Waals surface area contributed by atoms with Gasteiger partial charge in [-0.05, 0) is 36.6 Å². The average molecular weight is 441 g/mol. The average Bonchev–Trinajstić information content (AvgIpc) is 3.56. The predicted molar refractivity (Wildman–Crippen MR) is 122 cm³/mol. The molecule has 0 radical (unpaired) electrons. The van der Waals surface area contributed by atoms with Gasteiger partial charge < -0.3 is 15.1 Å². The first-order valence-corrected chi connectivity index (χ1v) is 11.2. The Morgan fingerprint density at radius 1 is 0.970 bits per heavy atom. The summed E-state index contributed by atoms with van der Waals surface area (Å²) < 4.78 is 1.65. The first kappa shape index (κ1) is 19.7. The van der Waals surface area contributed by atoms with Gasteiger partial charge in [0.1, 0.15) is 17.8 Å². The number of hydrogen-bond donors (Lipinski definition) is 1. The number of likely N-dealkylation sites (tertiary alicyclic amines) is 1. The lowest BCUT2D eigenvalue weighted by atomic mass is 9.72. The molecule has 3 aliphatic rings. The fraction of sp³-hybridized carbons (Fsp3) is 0.280. The van der Waals surface area contributed by atoms with Crippen molar-refractivity contribution in [3.63, 3.8) is 0 Å². The van der Waals surface area contributed by atoms with Gasteiger partial charge >= 0.3 is 0 Å². The van der Waals surface area contributed by atoms with Crippen molar-refractivity contribution >= 4 is 29.2 Å². The van der Waals surface area contributed by atoms with Crippen LogP contribution in [-0.2, 0) is 19.8 Å². The number of para-hydroxylation sites is 2. The Bertz CT molecular complexity index is 1280. The quantitative estimate of drug-likeness (QED) is 0.677. The van der Waals surface area contributed by atoms with Gasteiger partial charge in [-0.3, -0.25) is 14.4 Å². The van der Waals surface area contributed by atoms with Crippen LogP contribution in [0.3, 0.4) is 0 Å². The molecule has 4 heterocycles. The van der Waals surface area contributed by atoms with Crippen LogP contribution in [0.4, 0.5) is 11.5 Å². The fourth-order valence-electron chi connectivity index (χ4n) is 5.37. The van der Waals surface area contributed by atoms with Crippen molar-refractivity contribution in [3.05, 3.63) is 71.9 Å². The number of hydrogen-bond acceptors (Lipinski definition) is 4. The van der Waals surface area contributed by atoms with Crippen molar-refractivity contribution in [2.45, 2.75) is 24.7 Å². The maximum Gasteiger partial charge on any atom is 0.243 e. The highest BCUT2D eigenvalue weighted by Crippen LogP contribution is 2.52. The third-order valence-electron chi connectivity index (χ3n) is 6.93. The van der Waals surface area contributed by atoms with Crippen LogP contribution in [0.2, 0.25) is 0 Å². The second-order valence-corrected chi connectivity index (χ2v) is 8.78. The van der Waals surface area contributed by atoms with Gasteiger partial charge in [-0.2, -0.15) is 5.10 Å². The van der Waals surface area contributed by atoms with Crippen LogP contribution in [0.15, 0.2) is 60.8 Å². The molecule has 8 nitrogen and oxygen atoms in total. The van der Waals surface area contributed by atoms with E-state index >= 15 is 0 Å². The lowest BCUT2D eigenvalue weighted by molar-refractivity contribution is -0.131. The van der Waals surface area contributed by atoms with Crippen molar-refractivity contribution in [3.8, 4) is 5.69 Å². The Kier molecular flexibility index (Phi) is 4.36. The largest absolute Gasteiger partial charge is 0.341 e. The summed E-state index contributed by atoms with van der Waals surface area (Å²) in [5, 5.41) is 7.46. The highest BCUT2D eigenvalue weighted by Gasteiger charge is 2.57. The number of fused-ring (bicyclic) bond motifs is 4. The molecule has 8 heteroatoms. The van der Waals surface area contributed by atoms with Gasteiger partial charge in [-0.1, -0.05) is 36.4 Å². The third kappa shape index (κ3) is 2.83. The molecule has 1 aromatic heterocycles. The van der Waals surface area contributed by atoms with E-state index in [-0.39, 0.29) is 30.7 Å². The van der Waals surface area contributed by atoms with Crippen molar-refractivity contribution in [2.24, 2.45) is 0 Å². The molecule has 33 heavy (non-hydrogen) atoms. The van der Waals surface area contributed by atoms with Gasteiger partial charge in [-0.25, -0.2) is 4.68 Å². The summed E-state index contributed by atoms with van der Waals surface area (Å²) in [5.74, 6) is -0.0718. The van der Waals surface area contributed by atoms with Gasteiger partial charge in [0.05, 0.1) is 11.9 Å². The van der Waals surface area contributed by atoms with E-state index in [2.05, 4.69) is 10.4 Å². The van der Waals surface area contributed by atoms with Gasteiger partial charge in [0.25, 0.3) is 0 Å². The highest BCUT2D eigenvalue weighted by atomic mass is 16.2. The molecule has 3 aliphatic heterocycles. The molecule has 1 saturated heterocycles. The minimum Gasteiger partial charge on any atom is -0.341 e. The van der Waals surface area contributed by atoms with Crippen LogP contribution < -0.4 is 10.2 Å². The number of anilines is 2. The maximum absolute atomic E-state index is 14.1. The molecule has 2 aromatic carbocycles. The van der Waals surface area contributed by atoms with E-state index < -0.39 is 5.41 Å². The summed E-state index contributed by atoms with van der Waals surface area (Å²) in [6, 6.07) is 17.0. The minimum atomic E-state index is -1.20. The molecule has 0 bridgehead atoms. The third-order valence-corrected chi connectivity index (χ3v) is 6.93. The smallest absolute Gasteiger partial charge is 0.243 e. The Morgan fingerprint density at radius 2 is 1.70 bits per heavy atom. The molecule has 1 spiro atoms. The summed E-state index contributed by atoms with van der Waals surface area (Å²) in [7, 11) is 0. The number of nitrogens with one attached hydrogen (secondary N) is 1. The molecule has 0 unspecified atom stereocenters. The van der Waals surface area contributed by atoms with Gasteiger partial charge in [0.15, 0.2) is 0 Å². The summed E-state index contributed by atoms with van der Waals surface area (Å²) in [6.07, 6.45) is 3.62. The molecule has 166 valence electrons. The molecule has 1 fully saturated rings. The normalized spacial score (nSPS) is 21.3. The number of nitrogens with zero attached hydrogens (tertiary/aromatic N) is 4. The van der Waals surface area contributed by atoms with Crippen LogP contribution >= 0.6 is 0 Å². The lowest BCUT2D eigenvalue weighted by Gasteiger charge is -2.32. The molecule has 3 aromatic rings. The first-order valence-electron chi connectivity index (χ1n) is 11.2. The molecule has 0 aliphatic carbocycles. The maximum atomic E-state index is 14.1. The van der Waals surface area contributed by atoms with E-state index in [1.54, 1.807) is 15.8 Å². The van der Waals surface area contributed by atoms with Gasteiger partial charge in [-0.15, -0.1) is 0 Å². The van der Waals surface area contributed by atoms with Crippen LogP contribution in [0.25, 0.3) is 5.69 Å². The van der Waals surface area contributed by atoms with Crippen molar-refractivity contribution < 1.29 is 14.4 Å². The summed E-state index contributed by atoms with van der Waals surface area (Å²) in [4.78, 5) is 43.4. The van der Waals surface area contributed by atoms with Gasteiger partial charge in [0, 0.05) is 30.8 Å². The number of benzene rings is 2. The van der Waals surface area contributed by atoms with Crippen LogP contribution in [-0.4, -0.2) is 52.0 Å². The number of rotatable bonds is 3. The molecule has 1 N–H and O–H groups in total. The second kappa shape index (κ2) is 7.30.